The zero-order valence-corrected chi connectivity index (χ0v) is 20.9. The van der Waals surface area contributed by atoms with Gasteiger partial charge in [0.15, 0.2) is 0 Å². The van der Waals surface area contributed by atoms with Crippen molar-refractivity contribution in [3.63, 3.8) is 0 Å². The topological polar surface area (TPSA) is 26.3 Å². The molecule has 1 unspecified atom stereocenters. The molecule has 0 aromatic heterocycles. The molecule has 0 radical (unpaired) electrons. The normalized spacial score (nSPS) is 23.8. The van der Waals surface area contributed by atoms with Crippen LogP contribution in [0.25, 0.3) is 5.57 Å². The second-order valence-electron chi connectivity index (χ2n) is 10.4. The van der Waals surface area contributed by atoms with E-state index < -0.39 is 0 Å². The van der Waals surface area contributed by atoms with Gasteiger partial charge in [-0.2, -0.15) is 0 Å². The number of carbonyl (C=O) groups is 1. The van der Waals surface area contributed by atoms with Crippen LogP contribution in [0.5, 0.6) is 0 Å². The summed E-state index contributed by atoms with van der Waals surface area (Å²) in [6.07, 6.45) is 20.1. The van der Waals surface area contributed by atoms with Crippen LogP contribution in [0.3, 0.4) is 0 Å². The number of unbranched alkanes of at least 4 members (excludes halogenated alkanes) is 1. The van der Waals surface area contributed by atoms with E-state index in [1.807, 2.05) is 12.1 Å². The minimum absolute atomic E-state index is 0.109. The summed E-state index contributed by atoms with van der Waals surface area (Å²) < 4.78 is 5.84. The van der Waals surface area contributed by atoms with Gasteiger partial charge < -0.3 is 4.74 Å². The predicted octanol–water partition coefficient (Wildman–Crippen LogP) is 8.99. The third-order valence-corrected chi connectivity index (χ3v) is 8.18. The van der Waals surface area contributed by atoms with Crippen LogP contribution in [0, 0.1) is 17.8 Å². The van der Waals surface area contributed by atoms with Gasteiger partial charge >= 0.3 is 5.97 Å². The van der Waals surface area contributed by atoms with E-state index in [0.717, 1.165) is 30.6 Å². The summed E-state index contributed by atoms with van der Waals surface area (Å²) in [5.74, 6) is 2.45. The van der Waals surface area contributed by atoms with Gasteiger partial charge in [-0.05, 0) is 92.4 Å². The van der Waals surface area contributed by atoms with Crippen LogP contribution < -0.4 is 0 Å². The van der Waals surface area contributed by atoms with Crippen LogP contribution in [0.2, 0.25) is 0 Å². The highest BCUT2D eigenvalue weighted by Crippen LogP contribution is 2.34. The lowest BCUT2D eigenvalue weighted by Gasteiger charge is -2.28. The minimum Gasteiger partial charge on any atom is -0.459 e. The molecule has 0 amide bonds. The summed E-state index contributed by atoms with van der Waals surface area (Å²) in [6, 6.07) is 8.17. The van der Waals surface area contributed by atoms with Crippen molar-refractivity contribution in [2.24, 2.45) is 17.8 Å². The Morgan fingerprint density at radius 3 is 2.25 bits per heavy atom. The number of hydrogen-bond acceptors (Lipinski definition) is 2. The SMILES string of the molecule is CCCC[C@H]1CC[C@H](OC(=O)c2ccc(C3=CCC(CCC(CC)CC)CC3)cc2)CC1. The molecular formula is C30H46O2. The fourth-order valence-electron chi connectivity index (χ4n) is 5.65. The maximum atomic E-state index is 12.6. The Balaban J connectivity index is 1.44. The molecule has 0 heterocycles. The van der Waals surface area contributed by atoms with E-state index in [9.17, 15) is 4.79 Å². The number of esters is 1. The van der Waals surface area contributed by atoms with Crippen molar-refractivity contribution >= 4 is 11.5 Å². The van der Waals surface area contributed by atoms with E-state index >= 15 is 0 Å². The van der Waals surface area contributed by atoms with Gasteiger partial charge in [-0.1, -0.05) is 77.5 Å². The third-order valence-electron chi connectivity index (χ3n) is 8.18. The highest BCUT2D eigenvalue weighted by Gasteiger charge is 2.24. The molecule has 2 aliphatic carbocycles. The number of hydrogen-bond donors (Lipinski definition) is 0. The van der Waals surface area contributed by atoms with Crippen molar-refractivity contribution < 1.29 is 9.53 Å². The Labute approximate surface area is 197 Å². The molecule has 1 fully saturated rings. The molecule has 2 heteroatoms. The standard InChI is InChI=1S/C30H46O2/c1-4-7-8-24-13-21-29(22-14-24)32-30(31)28-19-17-27(18-20-28)26-15-11-25(12-16-26)10-9-23(5-2)6-3/h15,17-20,23-25,29H,4-14,16,21-22H2,1-3H3/t24-,25?,29-. The average Bonchev–Trinajstić information content (AvgIpc) is 2.85. The Kier molecular flexibility index (Phi) is 10.3. The zero-order chi connectivity index (χ0) is 22.8. The zero-order valence-electron chi connectivity index (χ0n) is 20.9. The van der Waals surface area contributed by atoms with Gasteiger partial charge in [0.25, 0.3) is 0 Å². The van der Waals surface area contributed by atoms with Gasteiger partial charge in [0.1, 0.15) is 6.10 Å². The summed E-state index contributed by atoms with van der Waals surface area (Å²) in [4.78, 5) is 12.6. The van der Waals surface area contributed by atoms with Gasteiger partial charge in [-0.25, -0.2) is 4.79 Å². The molecule has 32 heavy (non-hydrogen) atoms. The molecule has 0 N–H and O–H groups in total. The third kappa shape index (κ3) is 7.49. The van der Waals surface area contributed by atoms with Crippen LogP contribution in [-0.4, -0.2) is 12.1 Å². The fourth-order valence-corrected chi connectivity index (χ4v) is 5.65. The van der Waals surface area contributed by atoms with Gasteiger partial charge in [-0.3, -0.25) is 0 Å². The van der Waals surface area contributed by atoms with Crippen molar-refractivity contribution in [1.82, 2.24) is 0 Å². The fraction of sp³-hybridized carbons (Fsp3) is 0.700. The van der Waals surface area contributed by atoms with Crippen molar-refractivity contribution in [3.8, 4) is 0 Å². The summed E-state index contributed by atoms with van der Waals surface area (Å²) in [6.45, 7) is 6.91. The monoisotopic (exact) mass is 438 g/mol. The smallest absolute Gasteiger partial charge is 0.338 e. The van der Waals surface area contributed by atoms with E-state index in [4.69, 9.17) is 4.74 Å². The average molecular weight is 439 g/mol. The molecule has 1 atom stereocenters. The van der Waals surface area contributed by atoms with Gasteiger partial charge in [-0.15, -0.1) is 0 Å². The highest BCUT2D eigenvalue weighted by molar-refractivity contribution is 5.90. The van der Waals surface area contributed by atoms with Crippen molar-refractivity contribution in [3.05, 3.63) is 41.5 Å². The summed E-state index contributed by atoms with van der Waals surface area (Å²) in [5.41, 5.74) is 3.42. The first kappa shape index (κ1) is 25.1. The molecule has 2 nitrogen and oxygen atoms in total. The van der Waals surface area contributed by atoms with E-state index in [-0.39, 0.29) is 12.1 Å². The van der Waals surface area contributed by atoms with E-state index in [0.29, 0.717) is 5.56 Å². The van der Waals surface area contributed by atoms with Crippen LogP contribution in [-0.2, 0) is 4.74 Å². The Hall–Kier alpha value is -1.57. The van der Waals surface area contributed by atoms with E-state index in [1.165, 1.54) is 88.2 Å². The summed E-state index contributed by atoms with van der Waals surface area (Å²) in [7, 11) is 0. The lowest BCUT2D eigenvalue weighted by Crippen LogP contribution is -2.24. The molecule has 0 saturated heterocycles. The molecule has 1 saturated carbocycles. The number of carbonyl (C=O) groups excluding carboxylic acids is 1. The number of allylic oxidation sites excluding steroid dienone is 2. The van der Waals surface area contributed by atoms with E-state index in [1.54, 1.807) is 0 Å². The molecule has 0 aliphatic heterocycles. The molecule has 2 aliphatic rings. The first-order valence-corrected chi connectivity index (χ1v) is 13.6. The van der Waals surface area contributed by atoms with Gasteiger partial charge in [0.2, 0.25) is 0 Å². The Morgan fingerprint density at radius 2 is 1.66 bits per heavy atom. The molecule has 3 rings (SSSR count). The molecule has 0 bridgehead atoms. The van der Waals surface area contributed by atoms with Crippen LogP contribution >= 0.6 is 0 Å². The lowest BCUT2D eigenvalue weighted by molar-refractivity contribution is 0.0161. The quantitative estimate of drug-likeness (QED) is 0.322. The number of benzene rings is 1. The van der Waals surface area contributed by atoms with Crippen LogP contribution in [0.15, 0.2) is 30.3 Å². The van der Waals surface area contributed by atoms with Crippen molar-refractivity contribution in [2.45, 2.75) is 117 Å². The van der Waals surface area contributed by atoms with Gasteiger partial charge in [0, 0.05) is 0 Å². The Bertz CT molecular complexity index is 705. The highest BCUT2D eigenvalue weighted by atomic mass is 16.5. The summed E-state index contributed by atoms with van der Waals surface area (Å²) in [5, 5.41) is 0. The molecular weight excluding hydrogens is 392 g/mol. The molecule has 1 aromatic carbocycles. The summed E-state index contributed by atoms with van der Waals surface area (Å²) >= 11 is 0. The maximum Gasteiger partial charge on any atom is 0.338 e. The molecule has 0 spiro atoms. The van der Waals surface area contributed by atoms with Crippen molar-refractivity contribution in [2.75, 3.05) is 0 Å². The minimum atomic E-state index is -0.146. The maximum absolute atomic E-state index is 12.6. The van der Waals surface area contributed by atoms with Gasteiger partial charge in [0.05, 0.1) is 5.56 Å². The first-order valence-electron chi connectivity index (χ1n) is 13.6. The second-order valence-corrected chi connectivity index (χ2v) is 10.4. The van der Waals surface area contributed by atoms with Crippen molar-refractivity contribution in [1.29, 1.82) is 0 Å². The largest absolute Gasteiger partial charge is 0.459 e. The number of ether oxygens (including phenoxy) is 1. The van der Waals surface area contributed by atoms with E-state index in [2.05, 4.69) is 39.0 Å². The van der Waals surface area contributed by atoms with Crippen LogP contribution in [0.1, 0.15) is 127 Å². The lowest BCUT2D eigenvalue weighted by atomic mass is 9.82. The van der Waals surface area contributed by atoms with Crippen LogP contribution in [0.4, 0.5) is 0 Å². The second kappa shape index (κ2) is 13.2. The number of rotatable bonds is 11. The first-order chi connectivity index (χ1) is 15.6. The molecule has 178 valence electrons. The predicted molar refractivity (Wildman–Crippen MR) is 136 cm³/mol. The Morgan fingerprint density at radius 1 is 0.938 bits per heavy atom. The molecule has 1 aromatic rings.